The fourth-order valence-electron chi connectivity index (χ4n) is 3.11. The van der Waals surface area contributed by atoms with Crippen LogP contribution in [0.3, 0.4) is 0 Å². The van der Waals surface area contributed by atoms with Gasteiger partial charge in [-0.2, -0.15) is 0 Å². The lowest BCUT2D eigenvalue weighted by molar-refractivity contribution is -0.122. The normalized spacial score (nSPS) is 16.1. The van der Waals surface area contributed by atoms with Crippen molar-refractivity contribution in [1.82, 2.24) is 0 Å². The van der Waals surface area contributed by atoms with Crippen LogP contribution in [0.4, 0.5) is 11.4 Å². The maximum atomic E-state index is 12.8. The Morgan fingerprint density at radius 1 is 1.23 bits per heavy atom. The number of hydrogen-bond acceptors (Lipinski definition) is 6. The van der Waals surface area contributed by atoms with Crippen molar-refractivity contribution in [3.8, 4) is 5.75 Å². The first-order valence-corrected chi connectivity index (χ1v) is 11.3. The van der Waals surface area contributed by atoms with Crippen molar-refractivity contribution in [2.24, 2.45) is 0 Å². The van der Waals surface area contributed by atoms with Gasteiger partial charge < -0.3 is 14.8 Å². The lowest BCUT2D eigenvalue weighted by atomic mass is 10.2. The quantitative estimate of drug-likeness (QED) is 0.715. The average molecular weight is 453 g/mol. The Kier molecular flexibility index (Phi) is 6.23. The first-order chi connectivity index (χ1) is 14.1. The summed E-state index contributed by atoms with van der Waals surface area (Å²) in [5.74, 6) is -0.806. The highest BCUT2D eigenvalue weighted by atomic mass is 35.5. The number of carbonyl (C=O) groups is 2. The highest BCUT2D eigenvalue weighted by Gasteiger charge is 2.31. The predicted octanol–water partition coefficient (Wildman–Crippen LogP) is 2.99. The second kappa shape index (κ2) is 8.53. The van der Waals surface area contributed by atoms with Crippen molar-refractivity contribution < 1.29 is 27.5 Å². The maximum absolute atomic E-state index is 12.8. The van der Waals surface area contributed by atoms with Gasteiger partial charge in [0.15, 0.2) is 6.10 Å². The summed E-state index contributed by atoms with van der Waals surface area (Å²) in [5, 5.41) is 2.88. The van der Waals surface area contributed by atoms with Crippen LogP contribution in [0.2, 0.25) is 5.02 Å². The van der Waals surface area contributed by atoms with Crippen molar-refractivity contribution in [3.05, 3.63) is 52.5 Å². The predicted molar refractivity (Wildman–Crippen MR) is 114 cm³/mol. The number of nitrogens with one attached hydrogen (secondary N) is 1. The number of amides is 1. The van der Waals surface area contributed by atoms with E-state index in [0.717, 1.165) is 11.8 Å². The van der Waals surface area contributed by atoms with Crippen LogP contribution in [0, 0.1) is 6.92 Å². The molecule has 1 aliphatic heterocycles. The monoisotopic (exact) mass is 452 g/mol. The minimum Gasteiger partial charge on any atom is -0.478 e. The van der Waals surface area contributed by atoms with Gasteiger partial charge in [0.1, 0.15) is 5.75 Å². The van der Waals surface area contributed by atoms with Gasteiger partial charge in [0.05, 0.1) is 29.6 Å². The van der Waals surface area contributed by atoms with Crippen LogP contribution in [0.15, 0.2) is 36.4 Å². The first-order valence-electron chi connectivity index (χ1n) is 9.04. The highest BCUT2D eigenvalue weighted by molar-refractivity contribution is 7.92. The first kappa shape index (κ1) is 21.9. The molecule has 0 aliphatic carbocycles. The average Bonchev–Trinajstić information content (AvgIpc) is 2.88. The molecule has 2 aromatic carbocycles. The number of anilines is 2. The van der Waals surface area contributed by atoms with E-state index in [1.54, 1.807) is 24.3 Å². The molecule has 1 heterocycles. The molecule has 1 amide bonds. The van der Waals surface area contributed by atoms with Crippen molar-refractivity contribution in [3.63, 3.8) is 0 Å². The zero-order valence-electron chi connectivity index (χ0n) is 16.6. The fourth-order valence-corrected chi connectivity index (χ4v) is 4.24. The molecule has 0 bridgehead atoms. The molecule has 10 heteroatoms. The molecule has 0 spiro atoms. The van der Waals surface area contributed by atoms with E-state index in [0.29, 0.717) is 17.1 Å². The number of ether oxygens (including phenoxy) is 2. The van der Waals surface area contributed by atoms with Gasteiger partial charge in [-0.1, -0.05) is 17.7 Å². The number of carbonyl (C=O) groups excluding carboxylic acids is 2. The van der Waals surface area contributed by atoms with Crippen molar-refractivity contribution in [2.75, 3.05) is 29.5 Å². The lowest BCUT2D eigenvalue weighted by Gasteiger charge is -2.21. The summed E-state index contributed by atoms with van der Waals surface area (Å²) in [4.78, 5) is 24.6. The number of methoxy groups -OCH3 is 1. The van der Waals surface area contributed by atoms with Gasteiger partial charge in [-0.05, 0) is 42.8 Å². The Morgan fingerprint density at radius 2 is 1.97 bits per heavy atom. The summed E-state index contributed by atoms with van der Waals surface area (Å²) >= 11 is 6.00. The van der Waals surface area contributed by atoms with Crippen molar-refractivity contribution in [2.45, 2.75) is 19.4 Å². The molecule has 0 aromatic heterocycles. The molecule has 3 rings (SSSR count). The molecular weight excluding hydrogens is 432 g/mol. The Morgan fingerprint density at radius 3 is 2.63 bits per heavy atom. The molecular formula is C20H21ClN2O6S. The third-order valence-corrected chi connectivity index (χ3v) is 6.09. The van der Waals surface area contributed by atoms with Gasteiger partial charge in [-0.15, -0.1) is 0 Å². The number of halogens is 1. The van der Waals surface area contributed by atoms with Gasteiger partial charge in [-0.25, -0.2) is 13.2 Å². The van der Waals surface area contributed by atoms with Crippen LogP contribution < -0.4 is 14.4 Å². The third-order valence-electron chi connectivity index (χ3n) is 4.58. The number of esters is 1. The number of fused-ring (bicyclic) bond motifs is 1. The standard InChI is InChI=1S/C20H21ClN2O6S/c1-12-4-7-17-16(10-12)23(30(3,26)27)9-8-18(29-17)19(24)22-13-5-6-15(21)14(11-13)20(25)28-2/h4-7,10-11,18H,8-9H2,1-3H3,(H,22,24)/t18-/m0/s1. The molecule has 2 aromatic rings. The SMILES string of the molecule is COC(=O)c1cc(NC(=O)[C@@H]2CCN(S(C)(=O)=O)c3cc(C)ccc3O2)ccc1Cl. The second-order valence-corrected chi connectivity index (χ2v) is 9.19. The summed E-state index contributed by atoms with van der Waals surface area (Å²) in [6.45, 7) is 1.93. The largest absolute Gasteiger partial charge is 0.478 e. The summed E-state index contributed by atoms with van der Waals surface area (Å²) < 4.78 is 36.3. The van der Waals surface area contributed by atoms with Gasteiger partial charge in [0.25, 0.3) is 5.91 Å². The van der Waals surface area contributed by atoms with E-state index in [-0.39, 0.29) is 23.6 Å². The molecule has 1 N–H and O–H groups in total. The summed E-state index contributed by atoms with van der Waals surface area (Å²) in [6.07, 6.45) is 0.321. The molecule has 8 nitrogen and oxygen atoms in total. The molecule has 1 atom stereocenters. The van der Waals surface area contributed by atoms with E-state index in [2.05, 4.69) is 10.1 Å². The zero-order chi connectivity index (χ0) is 22.1. The highest BCUT2D eigenvalue weighted by Crippen LogP contribution is 2.35. The zero-order valence-corrected chi connectivity index (χ0v) is 18.2. The topological polar surface area (TPSA) is 102 Å². The van der Waals surface area contributed by atoms with Crippen LogP contribution in [0.25, 0.3) is 0 Å². The van der Waals surface area contributed by atoms with Crippen LogP contribution in [0.5, 0.6) is 5.75 Å². The van der Waals surface area contributed by atoms with Gasteiger partial charge in [0, 0.05) is 18.7 Å². The van der Waals surface area contributed by atoms with Crippen LogP contribution >= 0.6 is 11.6 Å². The summed E-state index contributed by atoms with van der Waals surface area (Å²) in [6, 6.07) is 9.55. The minimum absolute atomic E-state index is 0.0847. The van der Waals surface area contributed by atoms with Crippen LogP contribution in [-0.2, 0) is 19.6 Å². The molecule has 30 heavy (non-hydrogen) atoms. The third kappa shape index (κ3) is 4.68. The fraction of sp³-hybridized carbons (Fsp3) is 0.300. The van der Waals surface area contributed by atoms with E-state index in [1.165, 1.54) is 23.5 Å². The molecule has 160 valence electrons. The number of nitrogens with zero attached hydrogens (tertiary/aromatic N) is 1. The van der Waals surface area contributed by atoms with E-state index in [9.17, 15) is 18.0 Å². The van der Waals surface area contributed by atoms with E-state index in [1.807, 2.05) is 6.92 Å². The van der Waals surface area contributed by atoms with Crippen molar-refractivity contribution in [1.29, 1.82) is 0 Å². The number of aryl methyl sites for hydroxylation is 1. The minimum atomic E-state index is -3.55. The van der Waals surface area contributed by atoms with Crippen LogP contribution in [-0.4, -0.2) is 46.3 Å². The van der Waals surface area contributed by atoms with E-state index in [4.69, 9.17) is 16.3 Å². The molecule has 1 aliphatic rings. The Labute approximate surface area is 179 Å². The summed E-state index contributed by atoms with van der Waals surface area (Å²) in [7, 11) is -2.32. The number of rotatable bonds is 4. The van der Waals surface area contributed by atoms with Crippen LogP contribution in [0.1, 0.15) is 22.3 Å². The van der Waals surface area contributed by atoms with E-state index < -0.39 is 28.0 Å². The molecule has 0 saturated carbocycles. The molecule has 0 saturated heterocycles. The van der Waals surface area contributed by atoms with Gasteiger partial charge in [0.2, 0.25) is 10.0 Å². The Bertz CT molecular complexity index is 1100. The maximum Gasteiger partial charge on any atom is 0.339 e. The number of benzene rings is 2. The molecule has 0 fully saturated rings. The Balaban J connectivity index is 1.86. The molecule has 0 unspecified atom stereocenters. The van der Waals surface area contributed by atoms with Gasteiger partial charge in [-0.3, -0.25) is 9.10 Å². The van der Waals surface area contributed by atoms with Crippen molar-refractivity contribution >= 4 is 44.9 Å². The van der Waals surface area contributed by atoms with Gasteiger partial charge >= 0.3 is 5.97 Å². The number of hydrogen-bond donors (Lipinski definition) is 1. The number of sulfonamides is 1. The smallest absolute Gasteiger partial charge is 0.339 e. The second-order valence-electron chi connectivity index (χ2n) is 6.88. The molecule has 0 radical (unpaired) electrons. The van der Waals surface area contributed by atoms with E-state index >= 15 is 0 Å². The lowest BCUT2D eigenvalue weighted by Crippen LogP contribution is -2.36. The summed E-state index contributed by atoms with van der Waals surface area (Å²) in [5.41, 5.74) is 1.71. The Hall–Kier alpha value is -2.78.